The van der Waals surface area contributed by atoms with Crippen LogP contribution >= 0.6 is 0 Å². The van der Waals surface area contributed by atoms with E-state index < -0.39 is 0 Å². The molecule has 142 valence electrons. The zero-order valence-electron chi connectivity index (χ0n) is 16.4. The molecule has 1 amide bonds. The number of aromatic nitrogens is 3. The Morgan fingerprint density at radius 1 is 1.14 bits per heavy atom. The van der Waals surface area contributed by atoms with E-state index in [4.69, 9.17) is 9.51 Å². The van der Waals surface area contributed by atoms with E-state index >= 15 is 0 Å². The van der Waals surface area contributed by atoms with Crippen molar-refractivity contribution in [2.45, 2.75) is 34.1 Å². The van der Waals surface area contributed by atoms with Gasteiger partial charge in [-0.05, 0) is 57.0 Å². The average Bonchev–Trinajstić information content (AvgIpc) is 3.21. The summed E-state index contributed by atoms with van der Waals surface area (Å²) in [7, 11) is 0. The van der Waals surface area contributed by atoms with Gasteiger partial charge in [-0.2, -0.15) is 0 Å². The van der Waals surface area contributed by atoms with Crippen molar-refractivity contribution in [1.29, 1.82) is 0 Å². The van der Waals surface area contributed by atoms with E-state index in [2.05, 4.69) is 10.5 Å². The van der Waals surface area contributed by atoms with Crippen LogP contribution in [0.2, 0.25) is 0 Å². The third kappa shape index (κ3) is 3.41. The summed E-state index contributed by atoms with van der Waals surface area (Å²) in [6.45, 7) is 7.69. The maximum Gasteiger partial charge on any atom is 0.229 e. The Bertz CT molecular complexity index is 1170. The molecule has 0 saturated carbocycles. The SMILES string of the molecule is Cc1ccn2cc(-c3ccc(C)c(NC(=O)Cc4c(C)noc4C)c3)nc2c1. The van der Waals surface area contributed by atoms with E-state index in [1.165, 1.54) is 5.56 Å². The minimum atomic E-state index is -0.0970. The molecule has 0 aliphatic carbocycles. The molecule has 0 atom stereocenters. The molecule has 28 heavy (non-hydrogen) atoms. The number of nitrogens with one attached hydrogen (secondary N) is 1. The fraction of sp³-hybridized carbons (Fsp3) is 0.227. The molecule has 6 nitrogen and oxygen atoms in total. The highest BCUT2D eigenvalue weighted by atomic mass is 16.5. The lowest BCUT2D eigenvalue weighted by Gasteiger charge is -2.10. The molecule has 0 fully saturated rings. The van der Waals surface area contributed by atoms with Gasteiger partial charge < -0.3 is 14.2 Å². The highest BCUT2D eigenvalue weighted by Crippen LogP contribution is 2.26. The molecule has 0 spiro atoms. The number of fused-ring (bicyclic) bond motifs is 1. The maximum atomic E-state index is 12.6. The van der Waals surface area contributed by atoms with Gasteiger partial charge in [0, 0.05) is 29.2 Å². The number of pyridine rings is 1. The Morgan fingerprint density at radius 2 is 1.96 bits per heavy atom. The second kappa shape index (κ2) is 6.96. The van der Waals surface area contributed by atoms with Gasteiger partial charge in [0.25, 0.3) is 0 Å². The van der Waals surface area contributed by atoms with E-state index in [-0.39, 0.29) is 12.3 Å². The zero-order chi connectivity index (χ0) is 19.8. The Morgan fingerprint density at radius 3 is 2.71 bits per heavy atom. The van der Waals surface area contributed by atoms with Crippen molar-refractivity contribution in [3.8, 4) is 11.3 Å². The van der Waals surface area contributed by atoms with Crippen LogP contribution < -0.4 is 5.32 Å². The molecule has 0 unspecified atom stereocenters. The van der Waals surface area contributed by atoms with Crippen LogP contribution in [0.15, 0.2) is 47.2 Å². The van der Waals surface area contributed by atoms with Gasteiger partial charge in [-0.15, -0.1) is 0 Å². The van der Waals surface area contributed by atoms with Gasteiger partial charge in [0.15, 0.2) is 0 Å². The number of aryl methyl sites for hydroxylation is 4. The number of anilines is 1. The second-order valence-electron chi connectivity index (χ2n) is 7.15. The largest absolute Gasteiger partial charge is 0.361 e. The summed E-state index contributed by atoms with van der Waals surface area (Å²) in [5.74, 6) is 0.582. The molecule has 0 saturated heterocycles. The lowest BCUT2D eigenvalue weighted by atomic mass is 10.1. The van der Waals surface area contributed by atoms with Gasteiger partial charge in [0.1, 0.15) is 11.4 Å². The third-order valence-electron chi connectivity index (χ3n) is 4.94. The number of benzene rings is 1. The average molecular weight is 374 g/mol. The summed E-state index contributed by atoms with van der Waals surface area (Å²) >= 11 is 0. The van der Waals surface area contributed by atoms with Crippen molar-refractivity contribution in [3.05, 3.63) is 70.9 Å². The third-order valence-corrected chi connectivity index (χ3v) is 4.94. The summed E-state index contributed by atoms with van der Waals surface area (Å²) in [6, 6.07) is 10.1. The van der Waals surface area contributed by atoms with Crippen LogP contribution in [-0.2, 0) is 11.2 Å². The van der Waals surface area contributed by atoms with Crippen LogP contribution in [0.1, 0.15) is 28.1 Å². The molecule has 3 heterocycles. The Labute approximate surface area is 163 Å². The van der Waals surface area contributed by atoms with Gasteiger partial charge in [0.2, 0.25) is 5.91 Å². The van der Waals surface area contributed by atoms with Crippen molar-refractivity contribution in [2.75, 3.05) is 5.32 Å². The lowest BCUT2D eigenvalue weighted by Crippen LogP contribution is -2.16. The van der Waals surface area contributed by atoms with Crippen LogP contribution in [-0.4, -0.2) is 20.4 Å². The van der Waals surface area contributed by atoms with Gasteiger partial charge in [-0.1, -0.05) is 17.3 Å². The fourth-order valence-corrected chi connectivity index (χ4v) is 3.25. The monoisotopic (exact) mass is 374 g/mol. The standard InChI is InChI=1S/C22H22N4O2/c1-13-7-8-26-12-20(23-21(26)9-13)17-6-5-14(2)19(10-17)24-22(27)11-18-15(3)25-28-16(18)4/h5-10,12H,11H2,1-4H3,(H,24,27). The van der Waals surface area contributed by atoms with Gasteiger partial charge in [0.05, 0.1) is 17.8 Å². The highest BCUT2D eigenvalue weighted by molar-refractivity contribution is 5.94. The molecule has 0 bridgehead atoms. The normalized spacial score (nSPS) is 11.1. The Kier molecular flexibility index (Phi) is 4.47. The number of hydrogen-bond donors (Lipinski definition) is 1. The summed E-state index contributed by atoms with van der Waals surface area (Å²) in [4.78, 5) is 17.3. The molecule has 1 N–H and O–H groups in total. The first-order valence-corrected chi connectivity index (χ1v) is 9.18. The van der Waals surface area contributed by atoms with Gasteiger partial charge in [-0.25, -0.2) is 4.98 Å². The van der Waals surface area contributed by atoms with E-state index in [9.17, 15) is 4.79 Å². The number of hydrogen-bond acceptors (Lipinski definition) is 4. The molecule has 4 aromatic rings. The van der Waals surface area contributed by atoms with Crippen LogP contribution in [0.5, 0.6) is 0 Å². The number of imidazole rings is 1. The van der Waals surface area contributed by atoms with Gasteiger partial charge in [-0.3, -0.25) is 4.79 Å². The Balaban J connectivity index is 1.60. The molecule has 1 aromatic carbocycles. The molecule has 0 aliphatic rings. The number of rotatable bonds is 4. The van der Waals surface area contributed by atoms with Crippen LogP contribution in [0.25, 0.3) is 16.9 Å². The highest BCUT2D eigenvalue weighted by Gasteiger charge is 2.15. The predicted molar refractivity (Wildman–Crippen MR) is 108 cm³/mol. The van der Waals surface area contributed by atoms with Crippen molar-refractivity contribution in [3.63, 3.8) is 0 Å². The van der Waals surface area contributed by atoms with Crippen molar-refractivity contribution >= 4 is 17.2 Å². The first kappa shape index (κ1) is 18.0. The zero-order valence-corrected chi connectivity index (χ0v) is 16.4. The molecule has 6 heteroatoms. The van der Waals surface area contributed by atoms with E-state index in [1.807, 2.05) is 74.8 Å². The molecular weight excluding hydrogens is 352 g/mol. The van der Waals surface area contributed by atoms with E-state index in [0.717, 1.165) is 39.4 Å². The molecule has 0 radical (unpaired) electrons. The van der Waals surface area contributed by atoms with Crippen molar-refractivity contribution in [2.24, 2.45) is 0 Å². The van der Waals surface area contributed by atoms with Crippen LogP contribution in [0, 0.1) is 27.7 Å². The van der Waals surface area contributed by atoms with Crippen LogP contribution in [0.4, 0.5) is 5.69 Å². The fourth-order valence-electron chi connectivity index (χ4n) is 3.25. The second-order valence-corrected chi connectivity index (χ2v) is 7.15. The van der Waals surface area contributed by atoms with E-state index in [0.29, 0.717) is 5.76 Å². The summed E-state index contributed by atoms with van der Waals surface area (Å²) < 4.78 is 7.14. The molecule has 4 rings (SSSR count). The molecular formula is C22H22N4O2. The minimum Gasteiger partial charge on any atom is -0.361 e. The summed E-state index contributed by atoms with van der Waals surface area (Å²) in [5, 5.41) is 6.92. The quantitative estimate of drug-likeness (QED) is 0.574. The number of amides is 1. The van der Waals surface area contributed by atoms with E-state index in [1.54, 1.807) is 0 Å². The van der Waals surface area contributed by atoms with Crippen LogP contribution in [0.3, 0.4) is 0 Å². The first-order valence-electron chi connectivity index (χ1n) is 9.18. The van der Waals surface area contributed by atoms with Crippen molar-refractivity contribution < 1.29 is 9.32 Å². The van der Waals surface area contributed by atoms with Gasteiger partial charge >= 0.3 is 0 Å². The number of nitrogens with zero attached hydrogens (tertiary/aromatic N) is 3. The lowest BCUT2D eigenvalue weighted by molar-refractivity contribution is -0.115. The number of carbonyl (C=O) groups excluding carboxylic acids is 1. The smallest absolute Gasteiger partial charge is 0.229 e. The predicted octanol–water partition coefficient (Wildman–Crippen LogP) is 4.40. The molecule has 0 aliphatic heterocycles. The Hall–Kier alpha value is -3.41. The number of carbonyl (C=O) groups is 1. The maximum absolute atomic E-state index is 12.6. The first-order chi connectivity index (χ1) is 13.4. The minimum absolute atomic E-state index is 0.0970. The van der Waals surface area contributed by atoms with Crippen molar-refractivity contribution in [1.82, 2.24) is 14.5 Å². The topological polar surface area (TPSA) is 72.4 Å². The summed E-state index contributed by atoms with van der Waals surface area (Å²) in [5.41, 5.74) is 7.25. The molecule has 3 aromatic heterocycles. The summed E-state index contributed by atoms with van der Waals surface area (Å²) in [6.07, 6.45) is 4.23.